The summed E-state index contributed by atoms with van der Waals surface area (Å²) in [6.07, 6.45) is 0.605. The minimum Gasteiger partial charge on any atom is -0.481 e. The first-order valence-electron chi connectivity index (χ1n) is 9.46. The number of carboxylic acids is 1. The average molecular weight is 395 g/mol. The van der Waals surface area contributed by atoms with Crippen LogP contribution in [-0.2, 0) is 22.4 Å². The van der Waals surface area contributed by atoms with Crippen molar-refractivity contribution in [1.82, 2.24) is 4.90 Å². The van der Waals surface area contributed by atoms with E-state index in [9.17, 15) is 14.7 Å². The molecule has 0 fully saturated rings. The van der Waals surface area contributed by atoms with E-state index in [-0.39, 0.29) is 31.6 Å². The van der Waals surface area contributed by atoms with Crippen LogP contribution in [0.4, 0.5) is 0 Å². The number of hydrogen-bond donors (Lipinski definition) is 1. The van der Waals surface area contributed by atoms with E-state index in [2.05, 4.69) is 0 Å². The fraction of sp³-hybridized carbons (Fsp3) is 0.333. The van der Waals surface area contributed by atoms with Crippen molar-refractivity contribution in [2.24, 2.45) is 0 Å². The number of fused-ring (bicyclic) bond motifs is 8. The lowest BCUT2D eigenvalue weighted by atomic mass is 9.76. The Balaban J connectivity index is 1.50. The number of rotatable bonds is 2. The third-order valence-corrected chi connectivity index (χ3v) is 6.08. The summed E-state index contributed by atoms with van der Waals surface area (Å²) in [5.41, 5.74) is 4.14. The molecule has 29 heavy (non-hydrogen) atoms. The Hall–Kier alpha value is -3.42. The molecule has 148 valence electrons. The maximum atomic E-state index is 12.9. The van der Waals surface area contributed by atoms with E-state index in [1.54, 1.807) is 4.90 Å². The van der Waals surface area contributed by atoms with E-state index in [1.165, 1.54) is 0 Å². The summed E-state index contributed by atoms with van der Waals surface area (Å²) in [6, 6.07) is 7.29. The van der Waals surface area contributed by atoms with Crippen LogP contribution in [0.2, 0.25) is 0 Å². The Bertz CT molecular complexity index is 1010. The van der Waals surface area contributed by atoms with Crippen molar-refractivity contribution < 1.29 is 33.6 Å². The molecule has 0 aromatic heterocycles. The smallest absolute Gasteiger partial charge is 0.312 e. The molecule has 8 nitrogen and oxygen atoms in total. The number of hydrogen-bond acceptors (Lipinski definition) is 6. The lowest BCUT2D eigenvalue weighted by molar-refractivity contribution is -0.147. The van der Waals surface area contributed by atoms with Gasteiger partial charge in [0, 0.05) is 0 Å². The van der Waals surface area contributed by atoms with E-state index >= 15 is 0 Å². The molecule has 0 aliphatic carbocycles. The number of carbonyl (C=O) groups excluding carboxylic acids is 1. The first-order chi connectivity index (χ1) is 14.1. The molecule has 0 radical (unpaired) electrons. The molecule has 4 heterocycles. The maximum absolute atomic E-state index is 12.9. The van der Waals surface area contributed by atoms with E-state index in [0.717, 1.165) is 22.3 Å². The summed E-state index contributed by atoms with van der Waals surface area (Å²) in [6.45, 7) is 0.352. The predicted molar refractivity (Wildman–Crippen MR) is 97.1 cm³/mol. The topological polar surface area (TPSA) is 94.5 Å². The summed E-state index contributed by atoms with van der Waals surface area (Å²) in [5.74, 6) is 1.21. The van der Waals surface area contributed by atoms with Gasteiger partial charge >= 0.3 is 5.97 Å². The molecule has 4 aliphatic rings. The second-order valence-electron chi connectivity index (χ2n) is 7.62. The Morgan fingerprint density at radius 1 is 0.828 bits per heavy atom. The Kier molecular flexibility index (Phi) is 3.30. The maximum Gasteiger partial charge on any atom is 0.312 e. The van der Waals surface area contributed by atoms with E-state index < -0.39 is 12.4 Å². The van der Waals surface area contributed by atoms with E-state index in [1.807, 2.05) is 24.3 Å². The van der Waals surface area contributed by atoms with Crippen LogP contribution in [0.1, 0.15) is 40.8 Å². The zero-order valence-corrected chi connectivity index (χ0v) is 15.3. The average Bonchev–Trinajstić information content (AvgIpc) is 3.32. The normalized spacial score (nSPS) is 22.1. The van der Waals surface area contributed by atoms with Crippen molar-refractivity contribution in [2.75, 3.05) is 13.6 Å². The minimum atomic E-state index is -1.13. The number of carbonyl (C=O) groups is 2. The Morgan fingerprint density at radius 2 is 1.28 bits per heavy atom. The molecule has 8 heteroatoms. The lowest BCUT2D eigenvalue weighted by Gasteiger charge is -2.47. The number of carboxylic acid groups (broad SMARTS) is 1. The quantitative estimate of drug-likeness (QED) is 0.780. The third kappa shape index (κ3) is 2.38. The molecule has 2 aromatic carbocycles. The highest BCUT2D eigenvalue weighted by atomic mass is 16.7. The van der Waals surface area contributed by atoms with Crippen LogP contribution in [0.3, 0.4) is 0 Å². The molecule has 6 rings (SSSR count). The molecule has 4 aliphatic heterocycles. The van der Waals surface area contributed by atoms with Gasteiger partial charge in [0.2, 0.25) is 19.5 Å². The van der Waals surface area contributed by atoms with Gasteiger partial charge in [0.15, 0.2) is 23.0 Å². The SMILES string of the molecule is O=C(O)CC(=O)N1C2Cc3cc4c(cc3C1Cc1cc3c(cc12)OCO3)OCO4. The van der Waals surface area contributed by atoms with Crippen molar-refractivity contribution in [1.29, 1.82) is 0 Å². The van der Waals surface area contributed by atoms with Crippen molar-refractivity contribution in [3.05, 3.63) is 46.5 Å². The minimum absolute atomic E-state index is 0.176. The summed E-state index contributed by atoms with van der Waals surface area (Å²) < 4.78 is 22.1. The number of aliphatic carboxylic acids is 1. The van der Waals surface area contributed by atoms with Gasteiger partial charge in [-0.05, 0) is 59.4 Å². The lowest BCUT2D eigenvalue weighted by Crippen LogP contribution is -2.46. The van der Waals surface area contributed by atoms with Gasteiger partial charge in [-0.1, -0.05) is 0 Å². The zero-order chi connectivity index (χ0) is 19.7. The summed E-state index contributed by atoms with van der Waals surface area (Å²) in [7, 11) is 0. The first-order valence-corrected chi connectivity index (χ1v) is 9.46. The first kappa shape index (κ1) is 16.5. The standard InChI is InChI=1S/C21H17NO7/c23-20(7-21(24)25)22-14-1-10-3-16-18(28-8-26-16)5-12(10)15(22)2-11-4-17-19(6-13(11)14)29-9-27-17/h3-6,14-15H,1-2,7-9H2,(H,24,25). The van der Waals surface area contributed by atoms with Crippen molar-refractivity contribution in [3.8, 4) is 23.0 Å². The zero-order valence-electron chi connectivity index (χ0n) is 15.3. The van der Waals surface area contributed by atoms with Gasteiger partial charge in [-0.2, -0.15) is 0 Å². The largest absolute Gasteiger partial charge is 0.481 e. The molecule has 0 spiro atoms. The number of amides is 1. The third-order valence-electron chi connectivity index (χ3n) is 6.08. The van der Waals surface area contributed by atoms with Crippen LogP contribution >= 0.6 is 0 Å². The molecule has 0 saturated carbocycles. The van der Waals surface area contributed by atoms with Gasteiger partial charge in [-0.3, -0.25) is 9.59 Å². The molecule has 2 bridgehead atoms. The monoisotopic (exact) mass is 395 g/mol. The fourth-order valence-electron chi connectivity index (χ4n) is 4.89. The van der Waals surface area contributed by atoms with Crippen LogP contribution in [0.25, 0.3) is 0 Å². The Morgan fingerprint density at radius 3 is 1.72 bits per heavy atom. The summed E-state index contributed by atoms with van der Waals surface area (Å²) in [4.78, 5) is 25.9. The Labute approximate surface area is 165 Å². The van der Waals surface area contributed by atoms with Crippen LogP contribution in [0.5, 0.6) is 23.0 Å². The van der Waals surface area contributed by atoms with Crippen LogP contribution in [0, 0.1) is 0 Å². The highest BCUT2D eigenvalue weighted by Crippen LogP contribution is 2.52. The predicted octanol–water partition coefficient (Wildman–Crippen LogP) is 2.34. The molecule has 2 aromatic rings. The molecule has 1 N–H and O–H groups in total. The van der Waals surface area contributed by atoms with Crippen molar-refractivity contribution in [2.45, 2.75) is 31.3 Å². The summed E-state index contributed by atoms with van der Waals surface area (Å²) >= 11 is 0. The van der Waals surface area contributed by atoms with Crippen LogP contribution in [-0.4, -0.2) is 35.5 Å². The number of nitrogens with zero attached hydrogens (tertiary/aromatic N) is 1. The molecule has 0 saturated heterocycles. The molecular formula is C21H17NO7. The summed E-state index contributed by atoms with van der Waals surface area (Å²) in [5, 5.41) is 9.20. The number of ether oxygens (including phenoxy) is 4. The van der Waals surface area contributed by atoms with Gasteiger partial charge in [0.25, 0.3) is 0 Å². The molecule has 1 amide bonds. The van der Waals surface area contributed by atoms with E-state index in [4.69, 9.17) is 18.9 Å². The number of benzene rings is 2. The highest BCUT2D eigenvalue weighted by Gasteiger charge is 2.44. The van der Waals surface area contributed by atoms with Gasteiger partial charge in [0.05, 0.1) is 12.1 Å². The van der Waals surface area contributed by atoms with Crippen molar-refractivity contribution in [3.63, 3.8) is 0 Å². The second-order valence-corrected chi connectivity index (χ2v) is 7.62. The van der Waals surface area contributed by atoms with Gasteiger partial charge < -0.3 is 29.0 Å². The van der Waals surface area contributed by atoms with E-state index in [0.29, 0.717) is 35.8 Å². The van der Waals surface area contributed by atoms with Gasteiger partial charge in [0.1, 0.15) is 6.42 Å². The van der Waals surface area contributed by atoms with Gasteiger partial charge in [-0.15, -0.1) is 0 Å². The fourth-order valence-corrected chi connectivity index (χ4v) is 4.89. The highest BCUT2D eigenvalue weighted by molar-refractivity contribution is 5.94. The van der Waals surface area contributed by atoms with Crippen molar-refractivity contribution >= 4 is 11.9 Å². The van der Waals surface area contributed by atoms with Gasteiger partial charge in [-0.25, -0.2) is 0 Å². The molecule has 2 unspecified atom stereocenters. The molecular weight excluding hydrogens is 378 g/mol. The van der Waals surface area contributed by atoms with Crippen LogP contribution < -0.4 is 18.9 Å². The molecule has 2 atom stereocenters. The second kappa shape index (κ2) is 5.79. The van der Waals surface area contributed by atoms with Crippen LogP contribution in [0.15, 0.2) is 24.3 Å².